The van der Waals surface area contributed by atoms with E-state index >= 15 is 0 Å². The number of carbonyl (C=O) groups is 2. The minimum atomic E-state index is -0.442. The van der Waals surface area contributed by atoms with Gasteiger partial charge in [-0.2, -0.15) is 0 Å². The number of hydrogen-bond acceptors (Lipinski definition) is 8. The van der Waals surface area contributed by atoms with Gasteiger partial charge in [0.1, 0.15) is 18.4 Å². The van der Waals surface area contributed by atoms with Crippen LogP contribution >= 0.6 is 0 Å². The summed E-state index contributed by atoms with van der Waals surface area (Å²) < 4.78 is 1.61. The number of nitrogen functional groups attached to an aromatic ring is 1. The number of nitrogens with two attached hydrogens (primary N) is 3. The molecule has 3 rings (SSSR count). The summed E-state index contributed by atoms with van der Waals surface area (Å²) in [6.07, 6.45) is 5.88. The van der Waals surface area contributed by atoms with Crippen LogP contribution in [0.15, 0.2) is 37.2 Å². The summed E-state index contributed by atoms with van der Waals surface area (Å²) in [5, 5.41) is 2.66. The van der Waals surface area contributed by atoms with E-state index in [0.717, 1.165) is 0 Å². The molecule has 2 amide bonds. The van der Waals surface area contributed by atoms with Crippen molar-refractivity contribution in [1.82, 2.24) is 29.8 Å². The van der Waals surface area contributed by atoms with Crippen molar-refractivity contribution in [3.8, 4) is 0 Å². The Morgan fingerprint density at radius 3 is 2.65 bits per heavy atom. The number of carbonyl (C=O) groups excluding carboxylic acids is 2. The quantitative estimate of drug-likeness (QED) is 0.433. The Kier molecular flexibility index (Phi) is 6.51. The molecule has 3 heterocycles. The fourth-order valence-electron chi connectivity index (χ4n) is 1.95. The van der Waals surface area contributed by atoms with Gasteiger partial charge in [-0.1, -0.05) is 0 Å². The van der Waals surface area contributed by atoms with Gasteiger partial charge in [0.05, 0.1) is 11.9 Å². The van der Waals surface area contributed by atoms with Gasteiger partial charge in [0.25, 0.3) is 0 Å². The summed E-state index contributed by atoms with van der Waals surface area (Å²) in [5.74, 6) is -0.286. The Hall–Kier alpha value is -3.60. The van der Waals surface area contributed by atoms with Gasteiger partial charge < -0.3 is 27.1 Å². The number of amides is 2. The molecule has 0 aliphatic carbocycles. The van der Waals surface area contributed by atoms with E-state index in [4.69, 9.17) is 17.2 Å². The summed E-state index contributed by atoms with van der Waals surface area (Å²) in [7, 11) is 0. The molecule has 0 saturated carbocycles. The maximum absolute atomic E-state index is 11.5. The fraction of sp³-hybridized carbons (Fsp3) is 0.200. The second kappa shape index (κ2) is 9.03. The van der Waals surface area contributed by atoms with Crippen LogP contribution in [0.25, 0.3) is 11.2 Å². The van der Waals surface area contributed by atoms with Crippen LogP contribution in [0.1, 0.15) is 10.4 Å². The third kappa shape index (κ3) is 4.95. The number of imidazole rings is 1. The molecule has 0 spiro atoms. The molecule has 0 aliphatic rings. The molecule has 3 aromatic heterocycles. The first-order chi connectivity index (χ1) is 12.5. The van der Waals surface area contributed by atoms with Gasteiger partial charge in [0, 0.05) is 25.5 Å². The maximum Gasteiger partial charge on any atom is 0.250 e. The number of pyridine rings is 1. The van der Waals surface area contributed by atoms with Gasteiger partial charge in [-0.05, 0) is 12.1 Å². The molecular formula is C15H19N9O2. The number of hydrogen-bond donors (Lipinski definition) is 4. The lowest BCUT2D eigenvalue weighted by Gasteiger charge is -2.04. The Labute approximate surface area is 148 Å². The van der Waals surface area contributed by atoms with Crippen LogP contribution in [0.2, 0.25) is 0 Å². The molecule has 0 radical (unpaired) electrons. The SMILES string of the molecule is NC(=O)c1cccnc1.NCCNC(=O)Cn1cnc2c(N)ncnc21. The zero-order chi connectivity index (χ0) is 18.9. The Balaban J connectivity index is 0.000000228. The number of primary amides is 1. The predicted octanol–water partition coefficient (Wildman–Crippen LogP) is -1.34. The van der Waals surface area contributed by atoms with Crippen LogP contribution in [0.5, 0.6) is 0 Å². The fourth-order valence-corrected chi connectivity index (χ4v) is 1.95. The zero-order valence-electron chi connectivity index (χ0n) is 13.9. The highest BCUT2D eigenvalue weighted by molar-refractivity contribution is 5.92. The molecule has 0 bridgehead atoms. The summed E-state index contributed by atoms with van der Waals surface area (Å²) in [6, 6.07) is 3.29. The van der Waals surface area contributed by atoms with E-state index in [-0.39, 0.29) is 12.5 Å². The molecule has 0 unspecified atom stereocenters. The lowest BCUT2D eigenvalue weighted by Crippen LogP contribution is -2.31. The van der Waals surface area contributed by atoms with Crippen LogP contribution < -0.4 is 22.5 Å². The lowest BCUT2D eigenvalue weighted by atomic mass is 10.3. The van der Waals surface area contributed by atoms with Gasteiger partial charge in [-0.15, -0.1) is 0 Å². The number of anilines is 1. The van der Waals surface area contributed by atoms with E-state index in [0.29, 0.717) is 35.6 Å². The molecule has 3 aromatic rings. The van der Waals surface area contributed by atoms with Crippen molar-refractivity contribution in [3.05, 3.63) is 42.7 Å². The summed E-state index contributed by atoms with van der Waals surface area (Å²) >= 11 is 0. The van der Waals surface area contributed by atoms with Crippen molar-refractivity contribution < 1.29 is 9.59 Å². The smallest absolute Gasteiger partial charge is 0.250 e. The number of nitrogens with one attached hydrogen (secondary N) is 1. The molecule has 0 saturated heterocycles. The van der Waals surface area contributed by atoms with E-state index in [1.807, 2.05) is 0 Å². The lowest BCUT2D eigenvalue weighted by molar-refractivity contribution is -0.121. The first-order valence-electron chi connectivity index (χ1n) is 7.60. The minimum absolute atomic E-state index is 0.132. The van der Waals surface area contributed by atoms with E-state index in [2.05, 4.69) is 25.3 Å². The van der Waals surface area contributed by atoms with Crippen LogP contribution in [0.4, 0.5) is 5.82 Å². The average molecular weight is 357 g/mol. The number of rotatable bonds is 5. The standard InChI is InChI=1S/C9H13N7O.C6H6N2O/c10-1-2-12-6(17)3-16-5-15-7-8(11)13-4-14-9(7)16;7-6(9)5-2-1-3-8-4-5/h4-5H,1-3,10H2,(H,12,17)(H2,11,13,14);1-4H,(H2,7,9). The van der Waals surface area contributed by atoms with Crippen LogP contribution in [0, 0.1) is 0 Å². The molecule has 0 fully saturated rings. The van der Waals surface area contributed by atoms with Crippen LogP contribution in [-0.2, 0) is 11.3 Å². The second-order valence-corrected chi connectivity index (χ2v) is 5.05. The van der Waals surface area contributed by atoms with E-state index in [1.54, 1.807) is 22.9 Å². The van der Waals surface area contributed by atoms with Crippen molar-refractivity contribution in [1.29, 1.82) is 0 Å². The average Bonchev–Trinajstić information content (AvgIpc) is 3.05. The Bertz CT molecular complexity index is 879. The van der Waals surface area contributed by atoms with Gasteiger partial charge in [0.15, 0.2) is 11.5 Å². The van der Waals surface area contributed by atoms with Gasteiger partial charge in [0.2, 0.25) is 11.8 Å². The number of nitrogens with zero attached hydrogens (tertiary/aromatic N) is 5. The molecule has 11 nitrogen and oxygen atoms in total. The largest absolute Gasteiger partial charge is 0.382 e. The zero-order valence-corrected chi connectivity index (χ0v) is 13.9. The van der Waals surface area contributed by atoms with E-state index in [1.165, 1.54) is 18.9 Å². The third-order valence-electron chi connectivity index (χ3n) is 3.16. The van der Waals surface area contributed by atoms with Crippen molar-refractivity contribution >= 4 is 28.8 Å². The molecule has 26 heavy (non-hydrogen) atoms. The van der Waals surface area contributed by atoms with Crippen molar-refractivity contribution in [2.24, 2.45) is 11.5 Å². The monoisotopic (exact) mass is 357 g/mol. The van der Waals surface area contributed by atoms with Crippen LogP contribution in [0.3, 0.4) is 0 Å². The first kappa shape index (κ1) is 18.7. The summed E-state index contributed by atoms with van der Waals surface area (Å²) in [5.41, 5.74) is 17.3. The topological polar surface area (TPSA) is 181 Å². The van der Waals surface area contributed by atoms with Crippen molar-refractivity contribution in [3.63, 3.8) is 0 Å². The highest BCUT2D eigenvalue weighted by atomic mass is 16.2. The molecule has 7 N–H and O–H groups in total. The molecular weight excluding hydrogens is 338 g/mol. The van der Waals surface area contributed by atoms with Crippen molar-refractivity contribution in [2.75, 3.05) is 18.8 Å². The molecule has 136 valence electrons. The highest BCUT2D eigenvalue weighted by Gasteiger charge is 2.10. The van der Waals surface area contributed by atoms with Crippen molar-refractivity contribution in [2.45, 2.75) is 6.54 Å². The normalized spacial score (nSPS) is 10.0. The molecule has 0 atom stereocenters. The van der Waals surface area contributed by atoms with Crippen LogP contribution in [-0.4, -0.2) is 49.4 Å². The van der Waals surface area contributed by atoms with E-state index in [9.17, 15) is 9.59 Å². The third-order valence-corrected chi connectivity index (χ3v) is 3.16. The molecule has 0 aromatic carbocycles. The van der Waals surface area contributed by atoms with Gasteiger partial charge in [-0.25, -0.2) is 15.0 Å². The van der Waals surface area contributed by atoms with Gasteiger partial charge >= 0.3 is 0 Å². The predicted molar refractivity (Wildman–Crippen MR) is 94.6 cm³/mol. The highest BCUT2D eigenvalue weighted by Crippen LogP contribution is 2.13. The van der Waals surface area contributed by atoms with E-state index < -0.39 is 5.91 Å². The summed E-state index contributed by atoms with van der Waals surface area (Å²) in [4.78, 5) is 37.5. The first-order valence-corrected chi connectivity index (χ1v) is 7.60. The van der Waals surface area contributed by atoms with Gasteiger partial charge in [-0.3, -0.25) is 14.6 Å². The Morgan fingerprint density at radius 2 is 2.04 bits per heavy atom. The summed E-state index contributed by atoms with van der Waals surface area (Å²) in [6.45, 7) is 0.987. The molecule has 11 heteroatoms. The maximum atomic E-state index is 11.5. The number of fused-ring (bicyclic) bond motifs is 1. The molecule has 0 aliphatic heterocycles. The Morgan fingerprint density at radius 1 is 1.23 bits per heavy atom. The second-order valence-electron chi connectivity index (χ2n) is 5.05. The number of aromatic nitrogens is 5. The minimum Gasteiger partial charge on any atom is -0.382 e.